The molecule has 6 heteroatoms. The lowest BCUT2D eigenvalue weighted by Gasteiger charge is -2.05. The van der Waals surface area contributed by atoms with Gasteiger partial charge >= 0.3 is 5.97 Å². The standard InChI is InChI=1S/C17H13BrN2O3/c1-2-23-17(22)11-5-3-4-6-13(11)19-15-12-9-10(18)7-8-14(12)20-16(15)21/h3-9H,2H2,1H3,(H,19,20,21). The van der Waals surface area contributed by atoms with E-state index in [0.717, 1.165) is 4.47 Å². The lowest BCUT2D eigenvalue weighted by Crippen LogP contribution is -2.14. The van der Waals surface area contributed by atoms with Gasteiger partial charge in [-0.15, -0.1) is 0 Å². The Kier molecular flexibility index (Phi) is 4.25. The van der Waals surface area contributed by atoms with Crippen molar-refractivity contribution in [3.63, 3.8) is 0 Å². The first-order chi connectivity index (χ1) is 11.1. The average Bonchev–Trinajstić information content (AvgIpc) is 2.84. The molecular formula is C17H13BrN2O3. The summed E-state index contributed by atoms with van der Waals surface area (Å²) >= 11 is 3.39. The number of carbonyl (C=O) groups is 2. The monoisotopic (exact) mass is 372 g/mol. The number of hydrogen-bond donors (Lipinski definition) is 1. The van der Waals surface area contributed by atoms with Gasteiger partial charge in [-0.2, -0.15) is 0 Å². The number of fused-ring (bicyclic) bond motifs is 1. The van der Waals surface area contributed by atoms with Gasteiger partial charge in [-0.25, -0.2) is 9.79 Å². The molecule has 2 aromatic carbocycles. The molecule has 0 spiro atoms. The second-order valence-corrected chi connectivity index (χ2v) is 5.76. The van der Waals surface area contributed by atoms with Crippen LogP contribution in [0.1, 0.15) is 22.8 Å². The van der Waals surface area contributed by atoms with Crippen LogP contribution in [0.5, 0.6) is 0 Å². The van der Waals surface area contributed by atoms with Crippen LogP contribution in [-0.2, 0) is 9.53 Å². The third-order valence-corrected chi connectivity index (χ3v) is 3.82. The van der Waals surface area contributed by atoms with Crippen molar-refractivity contribution >= 4 is 44.9 Å². The van der Waals surface area contributed by atoms with Gasteiger partial charge in [-0.3, -0.25) is 4.79 Å². The molecule has 0 radical (unpaired) electrons. The number of para-hydroxylation sites is 1. The van der Waals surface area contributed by atoms with Crippen molar-refractivity contribution in [2.45, 2.75) is 6.92 Å². The molecule has 0 saturated carbocycles. The van der Waals surface area contributed by atoms with E-state index in [9.17, 15) is 9.59 Å². The van der Waals surface area contributed by atoms with Crippen LogP contribution >= 0.6 is 15.9 Å². The highest BCUT2D eigenvalue weighted by atomic mass is 79.9. The highest BCUT2D eigenvalue weighted by Gasteiger charge is 2.26. The number of rotatable bonds is 3. The van der Waals surface area contributed by atoms with Crippen LogP contribution in [0.2, 0.25) is 0 Å². The van der Waals surface area contributed by atoms with Crippen molar-refractivity contribution in [2.75, 3.05) is 11.9 Å². The Morgan fingerprint density at radius 1 is 1.26 bits per heavy atom. The Balaban J connectivity index is 2.08. The van der Waals surface area contributed by atoms with Crippen molar-refractivity contribution < 1.29 is 14.3 Å². The Bertz CT molecular complexity index is 830. The zero-order valence-electron chi connectivity index (χ0n) is 12.3. The van der Waals surface area contributed by atoms with E-state index < -0.39 is 5.97 Å². The van der Waals surface area contributed by atoms with Crippen LogP contribution in [0.4, 0.5) is 11.4 Å². The highest BCUT2D eigenvalue weighted by molar-refractivity contribution is 9.10. The number of anilines is 1. The number of esters is 1. The maximum atomic E-state index is 12.2. The summed E-state index contributed by atoms with van der Waals surface area (Å²) in [7, 11) is 0. The minimum absolute atomic E-state index is 0.276. The van der Waals surface area contributed by atoms with E-state index in [0.29, 0.717) is 22.5 Å². The summed E-state index contributed by atoms with van der Waals surface area (Å²) < 4.78 is 5.88. The fraction of sp³-hybridized carbons (Fsp3) is 0.118. The molecule has 0 atom stereocenters. The SMILES string of the molecule is CCOC(=O)c1ccccc1N=C1C(=O)Nc2ccc(Br)cc21. The third kappa shape index (κ3) is 3.03. The van der Waals surface area contributed by atoms with Gasteiger partial charge in [0.25, 0.3) is 5.91 Å². The first-order valence-electron chi connectivity index (χ1n) is 7.06. The smallest absolute Gasteiger partial charge is 0.340 e. The number of benzene rings is 2. The summed E-state index contributed by atoms with van der Waals surface area (Å²) in [6.07, 6.45) is 0. The quantitative estimate of drug-likeness (QED) is 0.835. The summed E-state index contributed by atoms with van der Waals surface area (Å²) in [5.74, 6) is -0.753. The molecule has 5 nitrogen and oxygen atoms in total. The maximum Gasteiger partial charge on any atom is 0.340 e. The molecule has 0 saturated heterocycles. The van der Waals surface area contributed by atoms with Crippen molar-refractivity contribution in [3.8, 4) is 0 Å². The molecule has 0 aromatic heterocycles. The minimum Gasteiger partial charge on any atom is -0.462 e. The molecule has 1 amide bonds. The van der Waals surface area contributed by atoms with E-state index in [4.69, 9.17) is 4.74 Å². The number of nitrogens with one attached hydrogen (secondary N) is 1. The van der Waals surface area contributed by atoms with Crippen LogP contribution in [0, 0.1) is 0 Å². The van der Waals surface area contributed by atoms with Crippen LogP contribution < -0.4 is 5.32 Å². The number of amides is 1. The summed E-state index contributed by atoms with van der Waals surface area (Å²) in [6, 6.07) is 12.3. The zero-order valence-corrected chi connectivity index (χ0v) is 13.9. The van der Waals surface area contributed by atoms with Gasteiger partial charge in [0, 0.05) is 10.0 Å². The van der Waals surface area contributed by atoms with Crippen LogP contribution in [-0.4, -0.2) is 24.2 Å². The molecule has 23 heavy (non-hydrogen) atoms. The second kappa shape index (κ2) is 6.34. The second-order valence-electron chi connectivity index (χ2n) is 4.84. The average molecular weight is 373 g/mol. The van der Waals surface area contributed by atoms with Crippen molar-refractivity contribution in [3.05, 3.63) is 58.1 Å². The molecule has 0 bridgehead atoms. The molecule has 0 aliphatic carbocycles. The van der Waals surface area contributed by atoms with Crippen molar-refractivity contribution in [1.29, 1.82) is 0 Å². The molecule has 1 aliphatic rings. The van der Waals surface area contributed by atoms with Gasteiger partial charge in [0.2, 0.25) is 0 Å². The molecule has 0 unspecified atom stereocenters. The van der Waals surface area contributed by atoms with Gasteiger partial charge in [0.15, 0.2) is 0 Å². The fourth-order valence-corrected chi connectivity index (χ4v) is 2.67. The number of carbonyl (C=O) groups excluding carboxylic acids is 2. The number of aliphatic imine (C=N–C) groups is 1. The van der Waals surface area contributed by atoms with E-state index in [1.165, 1.54) is 0 Å². The number of ether oxygens (including phenoxy) is 1. The molecule has 3 rings (SSSR count). The van der Waals surface area contributed by atoms with Gasteiger partial charge in [0.05, 0.1) is 23.5 Å². The normalized spacial score (nSPS) is 14.5. The molecular weight excluding hydrogens is 360 g/mol. The Morgan fingerprint density at radius 3 is 2.83 bits per heavy atom. The number of halogens is 1. The topological polar surface area (TPSA) is 67.8 Å². The molecule has 1 heterocycles. The van der Waals surface area contributed by atoms with Gasteiger partial charge in [-0.1, -0.05) is 28.1 Å². The molecule has 0 fully saturated rings. The lowest BCUT2D eigenvalue weighted by atomic mass is 10.1. The summed E-state index contributed by atoms with van der Waals surface area (Å²) in [6.45, 7) is 2.02. The van der Waals surface area contributed by atoms with Crippen LogP contribution in [0.25, 0.3) is 0 Å². The maximum absolute atomic E-state index is 12.2. The van der Waals surface area contributed by atoms with E-state index in [2.05, 4.69) is 26.2 Å². The van der Waals surface area contributed by atoms with E-state index in [1.807, 2.05) is 12.1 Å². The number of nitrogens with zero attached hydrogens (tertiary/aromatic N) is 1. The Morgan fingerprint density at radius 2 is 2.04 bits per heavy atom. The summed E-state index contributed by atoms with van der Waals surface area (Å²) in [5.41, 5.74) is 2.41. The minimum atomic E-state index is -0.458. The van der Waals surface area contributed by atoms with Gasteiger partial charge < -0.3 is 10.1 Å². The number of hydrogen-bond acceptors (Lipinski definition) is 4. The molecule has 1 aliphatic heterocycles. The fourth-order valence-electron chi connectivity index (χ4n) is 2.31. The highest BCUT2D eigenvalue weighted by Crippen LogP contribution is 2.29. The van der Waals surface area contributed by atoms with Gasteiger partial charge in [-0.05, 0) is 37.3 Å². The summed E-state index contributed by atoms with van der Waals surface area (Å²) in [5, 5.41) is 2.76. The van der Waals surface area contributed by atoms with Crippen LogP contribution in [0.15, 0.2) is 51.9 Å². The Hall–Kier alpha value is -2.47. The molecule has 1 N–H and O–H groups in total. The van der Waals surface area contributed by atoms with Crippen LogP contribution in [0.3, 0.4) is 0 Å². The van der Waals surface area contributed by atoms with Gasteiger partial charge in [0.1, 0.15) is 5.71 Å². The first kappa shape index (κ1) is 15.4. The van der Waals surface area contributed by atoms with Crippen molar-refractivity contribution in [1.82, 2.24) is 0 Å². The van der Waals surface area contributed by atoms with Crippen molar-refractivity contribution in [2.24, 2.45) is 4.99 Å². The third-order valence-electron chi connectivity index (χ3n) is 3.33. The molecule has 116 valence electrons. The predicted octanol–water partition coefficient (Wildman–Crippen LogP) is 3.70. The largest absolute Gasteiger partial charge is 0.462 e. The lowest BCUT2D eigenvalue weighted by molar-refractivity contribution is -0.110. The van der Waals surface area contributed by atoms with E-state index in [-0.39, 0.29) is 18.2 Å². The molecule has 2 aromatic rings. The zero-order chi connectivity index (χ0) is 16.4. The van der Waals surface area contributed by atoms with E-state index in [1.54, 1.807) is 37.3 Å². The van der Waals surface area contributed by atoms with E-state index >= 15 is 0 Å². The predicted molar refractivity (Wildman–Crippen MR) is 91.4 cm³/mol. The summed E-state index contributed by atoms with van der Waals surface area (Å²) in [4.78, 5) is 28.6. The first-order valence-corrected chi connectivity index (χ1v) is 7.85. The Labute approximate surface area is 141 Å².